The molecule has 31 heavy (non-hydrogen) atoms. The van der Waals surface area contributed by atoms with E-state index in [0.29, 0.717) is 12.2 Å². The summed E-state index contributed by atoms with van der Waals surface area (Å²) in [5.74, 6) is 4.68. The third kappa shape index (κ3) is 4.03. The Morgan fingerprint density at radius 1 is 0.903 bits per heavy atom. The summed E-state index contributed by atoms with van der Waals surface area (Å²) >= 11 is 0. The van der Waals surface area contributed by atoms with E-state index in [1.165, 1.54) is 56.9 Å². The van der Waals surface area contributed by atoms with Crippen LogP contribution in [0.2, 0.25) is 0 Å². The Balaban J connectivity index is 1.37. The van der Waals surface area contributed by atoms with Crippen LogP contribution in [-0.2, 0) is 11.2 Å². The lowest BCUT2D eigenvalue weighted by Gasteiger charge is -2.58. The molecule has 2 nitrogen and oxygen atoms in total. The van der Waals surface area contributed by atoms with Gasteiger partial charge in [-0.05, 0) is 105 Å². The fourth-order valence-electron chi connectivity index (χ4n) is 8.90. The van der Waals surface area contributed by atoms with Gasteiger partial charge in [-0.1, -0.05) is 50.1 Å². The minimum atomic E-state index is -0.436. The molecule has 0 saturated heterocycles. The minimum Gasteiger partial charge on any atom is -0.390 e. The van der Waals surface area contributed by atoms with E-state index in [0.717, 1.165) is 48.9 Å². The van der Waals surface area contributed by atoms with Gasteiger partial charge >= 0.3 is 0 Å². The maximum Gasteiger partial charge on any atom is 0.140 e. The average Bonchev–Trinajstić information content (AvgIpc) is 2.92. The van der Waals surface area contributed by atoms with E-state index >= 15 is 0 Å². The van der Waals surface area contributed by atoms with Crippen molar-refractivity contribution in [2.24, 2.45) is 40.9 Å². The molecule has 2 heteroatoms. The van der Waals surface area contributed by atoms with Crippen LogP contribution in [0.5, 0.6) is 0 Å². The quantitative estimate of drug-likeness (QED) is 0.596. The van der Waals surface area contributed by atoms with Crippen LogP contribution in [0.25, 0.3) is 0 Å². The van der Waals surface area contributed by atoms with E-state index in [4.69, 9.17) is 0 Å². The zero-order valence-electron chi connectivity index (χ0n) is 19.7. The lowest BCUT2D eigenvalue weighted by Crippen LogP contribution is -2.53. The largest absolute Gasteiger partial charge is 0.390 e. The zero-order valence-corrected chi connectivity index (χ0v) is 19.7. The second-order valence-corrected chi connectivity index (χ2v) is 12.2. The summed E-state index contributed by atoms with van der Waals surface area (Å²) in [4.78, 5) is 13.6. The van der Waals surface area contributed by atoms with Crippen LogP contribution in [0.1, 0.15) is 90.0 Å². The van der Waals surface area contributed by atoms with Crippen LogP contribution in [0.15, 0.2) is 30.3 Å². The van der Waals surface area contributed by atoms with E-state index < -0.39 is 5.60 Å². The smallest absolute Gasteiger partial charge is 0.140 e. The summed E-state index contributed by atoms with van der Waals surface area (Å²) in [6, 6.07) is 10.4. The van der Waals surface area contributed by atoms with Gasteiger partial charge in [-0.15, -0.1) is 0 Å². The molecule has 0 aliphatic heterocycles. The van der Waals surface area contributed by atoms with E-state index in [1.54, 1.807) is 0 Å². The number of ketones is 1. The highest BCUT2D eigenvalue weighted by Crippen LogP contribution is 2.62. The van der Waals surface area contributed by atoms with E-state index in [-0.39, 0.29) is 11.3 Å². The molecule has 1 N–H and O–H groups in total. The molecule has 5 rings (SSSR count). The molecule has 4 fully saturated rings. The van der Waals surface area contributed by atoms with Gasteiger partial charge in [-0.2, -0.15) is 0 Å². The van der Waals surface area contributed by atoms with Crippen LogP contribution < -0.4 is 0 Å². The topological polar surface area (TPSA) is 37.3 Å². The lowest BCUT2D eigenvalue weighted by atomic mass is 9.46. The van der Waals surface area contributed by atoms with E-state index in [2.05, 4.69) is 38.1 Å². The molecule has 0 aromatic heterocycles. The molecule has 170 valence electrons. The number of rotatable bonds is 3. The first kappa shape index (κ1) is 21.7. The molecule has 0 spiro atoms. The van der Waals surface area contributed by atoms with Gasteiger partial charge in [0, 0.05) is 12.3 Å². The SMILES string of the molecule is C[C@@]1(O)CC[C@H]2[C@H](CC[C@@H]3[C@@H]2CC[C@]2(C)[C@H](C(=O)Cc4ccccc4)CCCC[C@@H]32)C1. The van der Waals surface area contributed by atoms with Gasteiger partial charge in [0.15, 0.2) is 0 Å². The Hall–Kier alpha value is -1.15. The first-order chi connectivity index (χ1) is 14.9. The van der Waals surface area contributed by atoms with Crippen LogP contribution in [0.3, 0.4) is 0 Å². The molecule has 0 unspecified atom stereocenters. The number of fused-ring (bicyclic) bond motifs is 5. The van der Waals surface area contributed by atoms with Crippen molar-refractivity contribution in [3.63, 3.8) is 0 Å². The Labute approximate surface area is 189 Å². The number of benzene rings is 1. The highest BCUT2D eigenvalue weighted by Gasteiger charge is 2.56. The summed E-state index contributed by atoms with van der Waals surface area (Å²) in [5.41, 5.74) is 0.936. The Bertz CT molecular complexity index is 783. The third-order valence-corrected chi connectivity index (χ3v) is 10.3. The predicted molar refractivity (Wildman–Crippen MR) is 126 cm³/mol. The first-order valence-electron chi connectivity index (χ1n) is 13.2. The molecule has 4 aliphatic rings. The number of hydrogen-bond acceptors (Lipinski definition) is 2. The number of aliphatic hydroxyl groups is 1. The molecule has 0 amide bonds. The van der Waals surface area contributed by atoms with Gasteiger partial charge in [0.2, 0.25) is 0 Å². The molecular weight excluding hydrogens is 380 g/mol. The first-order valence-corrected chi connectivity index (χ1v) is 13.2. The van der Waals surface area contributed by atoms with Gasteiger partial charge in [0.1, 0.15) is 5.78 Å². The van der Waals surface area contributed by atoms with Crippen molar-refractivity contribution in [3.05, 3.63) is 35.9 Å². The molecule has 4 saturated carbocycles. The molecule has 0 bridgehead atoms. The molecular formula is C29H42O2. The highest BCUT2D eigenvalue weighted by atomic mass is 16.3. The molecule has 0 radical (unpaired) electrons. The van der Waals surface area contributed by atoms with Gasteiger partial charge in [0.25, 0.3) is 0 Å². The Kier molecular flexibility index (Phi) is 5.82. The van der Waals surface area contributed by atoms with Gasteiger partial charge in [0.05, 0.1) is 5.60 Å². The second-order valence-electron chi connectivity index (χ2n) is 12.2. The van der Waals surface area contributed by atoms with Crippen LogP contribution in [0.4, 0.5) is 0 Å². The van der Waals surface area contributed by atoms with Crippen molar-refractivity contribution in [1.29, 1.82) is 0 Å². The standard InChI is InChI=1S/C29H42O2/c1-28(31)16-14-22-21(19-28)12-13-24-23(22)15-17-29(2)25(24)10-6-7-11-26(29)27(30)18-20-8-4-3-5-9-20/h3-5,8-9,21-26,31H,6-7,10-19H2,1-2H3/t21-,22+,23-,24-,25+,26+,28-,29+/m1/s1. The number of carbonyl (C=O) groups excluding carboxylic acids is 1. The third-order valence-electron chi connectivity index (χ3n) is 10.3. The summed E-state index contributed by atoms with van der Waals surface area (Å²) in [7, 11) is 0. The van der Waals surface area contributed by atoms with Gasteiger partial charge < -0.3 is 5.11 Å². The number of hydrogen-bond donors (Lipinski definition) is 1. The van der Waals surface area contributed by atoms with Crippen molar-refractivity contribution < 1.29 is 9.90 Å². The van der Waals surface area contributed by atoms with Crippen molar-refractivity contribution in [3.8, 4) is 0 Å². The highest BCUT2D eigenvalue weighted by molar-refractivity contribution is 5.84. The summed E-state index contributed by atoms with van der Waals surface area (Å²) < 4.78 is 0. The van der Waals surface area contributed by atoms with Crippen molar-refractivity contribution in [2.75, 3.05) is 0 Å². The van der Waals surface area contributed by atoms with Crippen molar-refractivity contribution in [1.82, 2.24) is 0 Å². The van der Waals surface area contributed by atoms with Crippen LogP contribution >= 0.6 is 0 Å². The summed E-state index contributed by atoms with van der Waals surface area (Å²) in [6.45, 7) is 4.56. The monoisotopic (exact) mass is 422 g/mol. The fraction of sp³-hybridized carbons (Fsp3) is 0.759. The number of Topliss-reactive ketones (excluding diaryl/α,β-unsaturated/α-hetero) is 1. The minimum absolute atomic E-state index is 0.191. The average molecular weight is 423 g/mol. The summed E-state index contributed by atoms with van der Waals surface area (Å²) in [5, 5.41) is 10.7. The van der Waals surface area contributed by atoms with Crippen molar-refractivity contribution >= 4 is 5.78 Å². The predicted octanol–water partition coefficient (Wildman–Crippen LogP) is 6.60. The molecule has 0 heterocycles. The number of carbonyl (C=O) groups is 1. The second kappa shape index (κ2) is 8.32. The van der Waals surface area contributed by atoms with Gasteiger partial charge in [-0.25, -0.2) is 0 Å². The Morgan fingerprint density at radius 2 is 1.65 bits per heavy atom. The van der Waals surface area contributed by atoms with Crippen LogP contribution in [-0.4, -0.2) is 16.5 Å². The Morgan fingerprint density at radius 3 is 2.45 bits per heavy atom. The molecule has 8 atom stereocenters. The van der Waals surface area contributed by atoms with E-state index in [9.17, 15) is 9.90 Å². The molecule has 1 aromatic carbocycles. The maximum absolute atomic E-state index is 13.6. The normalized spacial score (nSPS) is 45.0. The van der Waals surface area contributed by atoms with Crippen molar-refractivity contribution in [2.45, 2.75) is 96.5 Å². The maximum atomic E-state index is 13.6. The van der Waals surface area contributed by atoms with Crippen LogP contribution in [0, 0.1) is 40.9 Å². The molecule has 4 aliphatic carbocycles. The lowest BCUT2D eigenvalue weighted by molar-refractivity contribution is -0.139. The molecule has 1 aromatic rings. The van der Waals surface area contributed by atoms with E-state index in [1.807, 2.05) is 6.07 Å². The fourth-order valence-corrected chi connectivity index (χ4v) is 8.90. The summed E-state index contributed by atoms with van der Waals surface area (Å²) in [6.07, 6.45) is 14.0. The van der Waals surface area contributed by atoms with Gasteiger partial charge in [-0.3, -0.25) is 4.79 Å². The zero-order chi connectivity index (χ0) is 21.6.